The molecule has 1 N–H and O–H groups in total. The molecule has 0 bridgehead atoms. The van der Waals surface area contributed by atoms with Crippen molar-refractivity contribution in [2.24, 2.45) is 5.92 Å². The normalized spacial score (nSPS) is 15.2. The summed E-state index contributed by atoms with van der Waals surface area (Å²) in [5.41, 5.74) is 3.16. The Morgan fingerprint density at radius 1 is 1.17 bits per heavy atom. The predicted octanol–water partition coefficient (Wildman–Crippen LogP) is 2.62. The van der Waals surface area contributed by atoms with Crippen LogP contribution >= 0.6 is 0 Å². The molecule has 2 heterocycles. The van der Waals surface area contributed by atoms with Crippen LogP contribution in [0.1, 0.15) is 32.3 Å². The molecule has 29 heavy (non-hydrogen) atoms. The van der Waals surface area contributed by atoms with Gasteiger partial charge in [0.15, 0.2) is 0 Å². The Kier molecular flexibility index (Phi) is 8.17. The number of piperidine rings is 1. The minimum atomic E-state index is 0.577. The number of rotatable bonds is 10. The number of aromatic nitrogens is 2. The average molecular weight is 397 g/mol. The van der Waals surface area contributed by atoms with E-state index in [4.69, 9.17) is 4.74 Å². The number of anilines is 1. The van der Waals surface area contributed by atoms with Crippen LogP contribution in [0.15, 0.2) is 24.5 Å². The molecule has 1 aliphatic heterocycles. The van der Waals surface area contributed by atoms with Crippen LogP contribution in [0, 0.1) is 17.2 Å². The van der Waals surface area contributed by atoms with Crippen molar-refractivity contribution in [3.63, 3.8) is 0 Å². The van der Waals surface area contributed by atoms with Gasteiger partial charge < -0.3 is 14.5 Å². The summed E-state index contributed by atoms with van der Waals surface area (Å²) in [4.78, 5) is 13.6. The molecule has 2 aromatic rings. The smallest absolute Gasteiger partial charge is 0.113 e. The van der Waals surface area contributed by atoms with Crippen LogP contribution in [0.5, 0.6) is 0 Å². The van der Waals surface area contributed by atoms with Gasteiger partial charge in [-0.2, -0.15) is 5.26 Å². The van der Waals surface area contributed by atoms with Crippen molar-refractivity contribution in [1.82, 2.24) is 20.2 Å². The summed E-state index contributed by atoms with van der Waals surface area (Å²) in [6.07, 6.45) is 5.54. The molecule has 156 valence electrons. The molecule has 1 fully saturated rings. The second-order valence-electron chi connectivity index (χ2n) is 7.47. The van der Waals surface area contributed by atoms with Gasteiger partial charge in [0.1, 0.15) is 17.1 Å². The number of benzene rings is 1. The van der Waals surface area contributed by atoms with Gasteiger partial charge in [0.05, 0.1) is 24.6 Å². The largest absolute Gasteiger partial charge is 0.370 e. The van der Waals surface area contributed by atoms with Crippen LogP contribution in [0.3, 0.4) is 0 Å². The van der Waals surface area contributed by atoms with E-state index >= 15 is 0 Å². The topological polar surface area (TPSA) is 77.3 Å². The third-order valence-corrected chi connectivity index (χ3v) is 5.74. The molecule has 0 unspecified atom stereocenters. The van der Waals surface area contributed by atoms with Gasteiger partial charge in [0, 0.05) is 38.6 Å². The quantitative estimate of drug-likeness (QED) is 0.489. The number of hydrogen-bond acceptors (Lipinski definition) is 7. The number of nitrogens with one attached hydrogen (secondary N) is 1. The second-order valence-corrected chi connectivity index (χ2v) is 7.47. The summed E-state index contributed by atoms with van der Waals surface area (Å²) in [6.45, 7) is 12.0. The molecule has 0 atom stereocenters. The summed E-state index contributed by atoms with van der Waals surface area (Å²) in [5.74, 6) is 0.589. The lowest BCUT2D eigenvalue weighted by Crippen LogP contribution is -2.36. The Morgan fingerprint density at radius 3 is 2.59 bits per heavy atom. The summed E-state index contributed by atoms with van der Waals surface area (Å²) in [6, 6.07) is 6.07. The molecule has 0 aliphatic carbocycles. The molecular weight excluding hydrogens is 364 g/mol. The lowest BCUT2D eigenvalue weighted by molar-refractivity contribution is 0.0756. The Balaban J connectivity index is 1.43. The highest BCUT2D eigenvalue weighted by molar-refractivity contribution is 5.91. The molecule has 7 nitrogen and oxygen atoms in total. The van der Waals surface area contributed by atoms with Crippen molar-refractivity contribution in [1.29, 1.82) is 5.26 Å². The molecule has 1 aromatic heterocycles. The Bertz CT molecular complexity index is 809. The Morgan fingerprint density at radius 2 is 1.90 bits per heavy atom. The Hall–Kier alpha value is -2.27. The molecular formula is C22H32N6O. The van der Waals surface area contributed by atoms with Crippen molar-refractivity contribution in [3.05, 3.63) is 30.1 Å². The zero-order chi connectivity index (χ0) is 20.5. The molecule has 1 aromatic carbocycles. The van der Waals surface area contributed by atoms with Gasteiger partial charge in [-0.1, -0.05) is 13.8 Å². The molecule has 1 saturated heterocycles. The predicted molar refractivity (Wildman–Crippen MR) is 116 cm³/mol. The standard InChI is InChI=1S/C22H32N6O/c1-3-27(4-2)14-11-24-17-29-16-18-7-12-28(13-8-18)20-6-5-19(15-23)21-22(20)26-10-9-25-21/h5-6,9-10,18,24H,3-4,7-8,11-14,16-17H2,1-2H3. The number of likely N-dealkylation sites (N-methyl/N-ethyl adjacent to an activating group) is 1. The van der Waals surface area contributed by atoms with Crippen molar-refractivity contribution in [3.8, 4) is 6.07 Å². The minimum absolute atomic E-state index is 0.577. The van der Waals surface area contributed by atoms with Crippen LogP contribution in [0.4, 0.5) is 5.69 Å². The first-order valence-electron chi connectivity index (χ1n) is 10.7. The third-order valence-electron chi connectivity index (χ3n) is 5.74. The molecule has 1 aliphatic rings. The van der Waals surface area contributed by atoms with Gasteiger partial charge in [-0.3, -0.25) is 15.3 Å². The minimum Gasteiger partial charge on any atom is -0.370 e. The fraction of sp³-hybridized carbons (Fsp3) is 0.591. The number of ether oxygens (including phenoxy) is 1. The number of nitrogens with zero attached hydrogens (tertiary/aromatic N) is 5. The highest BCUT2D eigenvalue weighted by atomic mass is 16.5. The first-order valence-corrected chi connectivity index (χ1v) is 10.7. The van der Waals surface area contributed by atoms with Crippen LogP contribution < -0.4 is 10.2 Å². The molecule has 3 rings (SSSR count). The maximum atomic E-state index is 9.31. The average Bonchev–Trinajstić information content (AvgIpc) is 2.78. The maximum absolute atomic E-state index is 9.31. The van der Waals surface area contributed by atoms with E-state index in [9.17, 15) is 5.26 Å². The van der Waals surface area contributed by atoms with Gasteiger partial charge in [0.2, 0.25) is 0 Å². The summed E-state index contributed by atoms with van der Waals surface area (Å²) in [7, 11) is 0. The number of fused-ring (bicyclic) bond motifs is 1. The fourth-order valence-corrected chi connectivity index (χ4v) is 3.88. The first-order chi connectivity index (χ1) is 14.3. The van der Waals surface area contributed by atoms with Crippen molar-refractivity contribution >= 4 is 16.7 Å². The van der Waals surface area contributed by atoms with Gasteiger partial charge >= 0.3 is 0 Å². The van der Waals surface area contributed by atoms with E-state index in [1.54, 1.807) is 12.4 Å². The summed E-state index contributed by atoms with van der Waals surface area (Å²) in [5, 5.41) is 12.7. The summed E-state index contributed by atoms with van der Waals surface area (Å²) < 4.78 is 5.86. The number of hydrogen-bond donors (Lipinski definition) is 1. The molecule has 0 spiro atoms. The van der Waals surface area contributed by atoms with E-state index in [0.29, 0.717) is 23.7 Å². The van der Waals surface area contributed by atoms with E-state index in [1.165, 1.54) is 0 Å². The van der Waals surface area contributed by atoms with Crippen molar-refractivity contribution in [2.45, 2.75) is 26.7 Å². The van der Waals surface area contributed by atoms with Gasteiger partial charge in [-0.05, 0) is 44.0 Å². The fourth-order valence-electron chi connectivity index (χ4n) is 3.88. The van der Waals surface area contributed by atoms with Crippen LogP contribution in [0.25, 0.3) is 11.0 Å². The van der Waals surface area contributed by atoms with Gasteiger partial charge in [-0.15, -0.1) is 0 Å². The maximum Gasteiger partial charge on any atom is 0.113 e. The zero-order valence-corrected chi connectivity index (χ0v) is 17.6. The van der Waals surface area contributed by atoms with E-state index in [2.05, 4.69) is 45.0 Å². The lowest BCUT2D eigenvalue weighted by atomic mass is 9.97. The first kappa shape index (κ1) is 21.4. The van der Waals surface area contributed by atoms with Crippen molar-refractivity contribution < 1.29 is 4.74 Å². The zero-order valence-electron chi connectivity index (χ0n) is 17.6. The lowest BCUT2D eigenvalue weighted by Gasteiger charge is -2.33. The molecule has 0 radical (unpaired) electrons. The highest BCUT2D eigenvalue weighted by Crippen LogP contribution is 2.29. The SMILES string of the molecule is CCN(CC)CCNCOCC1CCN(c2ccc(C#N)c3nccnc23)CC1. The van der Waals surface area contributed by atoms with E-state index in [1.807, 2.05) is 12.1 Å². The van der Waals surface area contributed by atoms with Gasteiger partial charge in [0.25, 0.3) is 0 Å². The van der Waals surface area contributed by atoms with Crippen molar-refractivity contribution in [2.75, 3.05) is 57.5 Å². The summed E-state index contributed by atoms with van der Waals surface area (Å²) >= 11 is 0. The van der Waals surface area contributed by atoms with Crippen LogP contribution in [0.2, 0.25) is 0 Å². The Labute approximate surface area is 173 Å². The van der Waals surface area contributed by atoms with Crippen LogP contribution in [-0.2, 0) is 4.74 Å². The second kappa shape index (κ2) is 11.1. The van der Waals surface area contributed by atoms with E-state index in [0.717, 1.165) is 69.9 Å². The monoisotopic (exact) mass is 396 g/mol. The molecule has 7 heteroatoms. The number of nitriles is 1. The van der Waals surface area contributed by atoms with Gasteiger partial charge in [-0.25, -0.2) is 0 Å². The molecule has 0 saturated carbocycles. The highest BCUT2D eigenvalue weighted by Gasteiger charge is 2.22. The van der Waals surface area contributed by atoms with E-state index in [-0.39, 0.29) is 0 Å². The van der Waals surface area contributed by atoms with E-state index < -0.39 is 0 Å². The third kappa shape index (κ3) is 5.63. The van der Waals surface area contributed by atoms with Crippen LogP contribution in [-0.4, -0.2) is 67.5 Å². The molecule has 0 amide bonds.